The zero-order chi connectivity index (χ0) is 21.1. The van der Waals surface area contributed by atoms with Gasteiger partial charge in [-0.15, -0.1) is 0 Å². The van der Waals surface area contributed by atoms with Gasteiger partial charge in [0, 0.05) is 13.5 Å². The smallest absolute Gasteiger partial charge is 0.426 e. The van der Waals surface area contributed by atoms with Crippen molar-refractivity contribution in [2.45, 2.75) is 63.5 Å². The summed E-state index contributed by atoms with van der Waals surface area (Å²) in [6, 6.07) is -1.39. The average molecular weight is 416 g/mol. The molecular weight excluding hydrogens is 383 g/mol. The van der Waals surface area contributed by atoms with Crippen LogP contribution in [0.4, 0.5) is 0 Å². The first-order valence-corrected chi connectivity index (χ1v) is 11.1. The van der Waals surface area contributed by atoms with Crippen LogP contribution in [-0.2, 0) is 14.4 Å². The SMILES string of the molecule is CSCC[C@H](NC(=O)[C@H](CCCCN)NC(=O)[C@@H]1CCCN1C(C)=O)B(O)O. The Morgan fingerprint density at radius 1 is 1.25 bits per heavy atom. The quantitative estimate of drug-likeness (QED) is 0.200. The van der Waals surface area contributed by atoms with Crippen LogP contribution < -0.4 is 16.4 Å². The van der Waals surface area contributed by atoms with Gasteiger partial charge in [-0.25, -0.2) is 0 Å². The van der Waals surface area contributed by atoms with Gasteiger partial charge >= 0.3 is 7.12 Å². The van der Waals surface area contributed by atoms with Crippen LogP contribution in [0.1, 0.15) is 45.4 Å². The topological polar surface area (TPSA) is 145 Å². The second-order valence-corrected chi connectivity index (χ2v) is 8.01. The van der Waals surface area contributed by atoms with Crippen molar-refractivity contribution in [3.63, 3.8) is 0 Å². The molecule has 1 aliphatic heterocycles. The van der Waals surface area contributed by atoms with Crippen molar-refractivity contribution in [2.24, 2.45) is 5.73 Å². The summed E-state index contributed by atoms with van der Waals surface area (Å²) in [7, 11) is -1.68. The van der Waals surface area contributed by atoms with Crippen molar-refractivity contribution < 1.29 is 24.4 Å². The van der Waals surface area contributed by atoms with Crippen LogP contribution >= 0.6 is 11.8 Å². The predicted molar refractivity (Wildman–Crippen MR) is 110 cm³/mol. The summed E-state index contributed by atoms with van der Waals surface area (Å²) in [5, 5.41) is 24.4. The first-order chi connectivity index (χ1) is 13.3. The number of unbranched alkanes of at least 4 members (excludes halogenated alkanes) is 1. The molecule has 1 heterocycles. The number of hydrogen-bond donors (Lipinski definition) is 5. The maximum absolute atomic E-state index is 12.7. The van der Waals surface area contributed by atoms with E-state index < -0.39 is 31.1 Å². The molecule has 1 rings (SSSR count). The number of amides is 3. The van der Waals surface area contributed by atoms with E-state index in [9.17, 15) is 24.4 Å². The first kappa shape index (κ1) is 24.7. The summed E-state index contributed by atoms with van der Waals surface area (Å²) >= 11 is 1.54. The third-order valence-electron chi connectivity index (χ3n) is 4.86. The van der Waals surface area contributed by atoms with Gasteiger partial charge in [0.1, 0.15) is 12.1 Å². The molecule has 3 amide bonds. The number of hydrogen-bond acceptors (Lipinski definition) is 7. The van der Waals surface area contributed by atoms with Crippen LogP contribution in [0.5, 0.6) is 0 Å². The van der Waals surface area contributed by atoms with Crippen molar-refractivity contribution in [2.75, 3.05) is 25.1 Å². The highest BCUT2D eigenvalue weighted by molar-refractivity contribution is 7.98. The maximum Gasteiger partial charge on any atom is 0.475 e. The third-order valence-corrected chi connectivity index (χ3v) is 5.50. The summed E-state index contributed by atoms with van der Waals surface area (Å²) in [6.07, 6.45) is 5.34. The van der Waals surface area contributed by atoms with Crippen LogP contribution in [0.2, 0.25) is 0 Å². The Bertz CT molecular complexity index is 526. The van der Waals surface area contributed by atoms with Gasteiger partial charge in [-0.1, -0.05) is 0 Å². The van der Waals surface area contributed by atoms with Gasteiger partial charge in [0.25, 0.3) is 0 Å². The zero-order valence-corrected chi connectivity index (χ0v) is 17.5. The lowest BCUT2D eigenvalue weighted by molar-refractivity contribution is -0.138. The molecule has 0 aromatic heterocycles. The Morgan fingerprint density at radius 2 is 1.96 bits per heavy atom. The molecule has 0 saturated carbocycles. The molecule has 9 nitrogen and oxygen atoms in total. The summed E-state index contributed by atoms with van der Waals surface area (Å²) in [6.45, 7) is 2.44. The summed E-state index contributed by atoms with van der Waals surface area (Å²) < 4.78 is 0. The summed E-state index contributed by atoms with van der Waals surface area (Å²) in [5.41, 5.74) is 5.52. The number of nitrogens with two attached hydrogens (primary N) is 1. The number of nitrogens with one attached hydrogen (secondary N) is 2. The molecule has 11 heteroatoms. The minimum atomic E-state index is -1.68. The monoisotopic (exact) mass is 416 g/mol. The lowest BCUT2D eigenvalue weighted by Gasteiger charge is -2.27. The van der Waals surface area contributed by atoms with E-state index in [4.69, 9.17) is 5.73 Å². The molecule has 3 atom stereocenters. The highest BCUT2D eigenvalue weighted by Gasteiger charge is 2.35. The van der Waals surface area contributed by atoms with E-state index in [1.807, 2.05) is 6.26 Å². The number of carbonyl (C=O) groups is 3. The second-order valence-electron chi connectivity index (χ2n) is 7.03. The zero-order valence-electron chi connectivity index (χ0n) is 16.7. The molecule has 0 spiro atoms. The van der Waals surface area contributed by atoms with E-state index in [1.165, 1.54) is 23.6 Å². The minimum absolute atomic E-state index is 0.165. The molecule has 0 aromatic carbocycles. The number of carbonyl (C=O) groups excluding carboxylic acids is 3. The van der Waals surface area contributed by atoms with Crippen molar-refractivity contribution in [3.8, 4) is 0 Å². The number of likely N-dealkylation sites (tertiary alicyclic amines) is 1. The molecule has 6 N–H and O–H groups in total. The van der Waals surface area contributed by atoms with Crippen LogP contribution in [-0.4, -0.2) is 82.9 Å². The second kappa shape index (κ2) is 13.0. The molecule has 1 aliphatic rings. The van der Waals surface area contributed by atoms with Gasteiger partial charge < -0.3 is 31.3 Å². The standard InChI is InChI=1S/C17H33BN4O5S/c1-12(23)22-10-5-7-14(22)17(25)20-13(6-3-4-9-19)16(24)21-15(18(26)27)8-11-28-2/h13-15,26-27H,3-11,19H2,1-2H3,(H,20,25)(H,21,24)/t13-,14-,15-/m0/s1. The Morgan fingerprint density at radius 3 is 2.54 bits per heavy atom. The van der Waals surface area contributed by atoms with E-state index in [0.29, 0.717) is 50.9 Å². The number of thioether (sulfide) groups is 1. The van der Waals surface area contributed by atoms with Gasteiger partial charge in [0.2, 0.25) is 17.7 Å². The van der Waals surface area contributed by atoms with Crippen molar-refractivity contribution >= 4 is 36.6 Å². The lowest BCUT2D eigenvalue weighted by Crippen LogP contribution is -2.56. The number of rotatable bonds is 12. The first-order valence-electron chi connectivity index (χ1n) is 9.74. The van der Waals surface area contributed by atoms with E-state index in [-0.39, 0.29) is 11.8 Å². The highest BCUT2D eigenvalue weighted by atomic mass is 32.2. The molecule has 0 unspecified atom stereocenters. The summed E-state index contributed by atoms with van der Waals surface area (Å²) in [4.78, 5) is 38.6. The summed E-state index contributed by atoms with van der Waals surface area (Å²) in [5.74, 6) is -1.14. The third kappa shape index (κ3) is 7.98. The Balaban J connectivity index is 2.78. The molecule has 28 heavy (non-hydrogen) atoms. The van der Waals surface area contributed by atoms with E-state index in [0.717, 1.165) is 6.42 Å². The molecule has 0 radical (unpaired) electrons. The van der Waals surface area contributed by atoms with Crippen LogP contribution in [0.3, 0.4) is 0 Å². The molecule has 1 saturated heterocycles. The fraction of sp³-hybridized carbons (Fsp3) is 0.824. The Kier molecular flexibility index (Phi) is 11.5. The maximum atomic E-state index is 12.7. The molecule has 160 valence electrons. The minimum Gasteiger partial charge on any atom is -0.426 e. The largest absolute Gasteiger partial charge is 0.475 e. The van der Waals surface area contributed by atoms with Crippen molar-refractivity contribution in [1.82, 2.24) is 15.5 Å². The average Bonchev–Trinajstić information content (AvgIpc) is 3.14. The van der Waals surface area contributed by atoms with Gasteiger partial charge in [0.05, 0.1) is 5.94 Å². The van der Waals surface area contributed by atoms with Crippen molar-refractivity contribution in [1.29, 1.82) is 0 Å². The highest BCUT2D eigenvalue weighted by Crippen LogP contribution is 2.18. The van der Waals surface area contributed by atoms with Crippen LogP contribution in [0.15, 0.2) is 0 Å². The van der Waals surface area contributed by atoms with Crippen LogP contribution in [0, 0.1) is 0 Å². The number of nitrogens with zero attached hydrogens (tertiary/aromatic N) is 1. The molecular formula is C17H33BN4O5S. The Hall–Kier alpha value is -1.30. The van der Waals surface area contributed by atoms with Crippen LogP contribution in [0.25, 0.3) is 0 Å². The normalized spacial score (nSPS) is 18.5. The fourth-order valence-corrected chi connectivity index (χ4v) is 3.76. The van der Waals surface area contributed by atoms with Gasteiger partial charge in [-0.3, -0.25) is 14.4 Å². The molecule has 0 aromatic rings. The fourth-order valence-electron chi connectivity index (χ4n) is 3.27. The Labute approximate surface area is 171 Å². The van der Waals surface area contributed by atoms with E-state index in [1.54, 1.807) is 0 Å². The van der Waals surface area contributed by atoms with Crippen molar-refractivity contribution in [3.05, 3.63) is 0 Å². The lowest BCUT2D eigenvalue weighted by atomic mass is 9.77. The van der Waals surface area contributed by atoms with E-state index >= 15 is 0 Å². The van der Waals surface area contributed by atoms with E-state index in [2.05, 4.69) is 10.6 Å². The van der Waals surface area contributed by atoms with Gasteiger partial charge in [0.15, 0.2) is 0 Å². The van der Waals surface area contributed by atoms with Gasteiger partial charge in [-0.05, 0) is 57.1 Å². The molecule has 0 bridgehead atoms. The molecule has 0 aliphatic carbocycles. The molecule has 1 fully saturated rings. The van der Waals surface area contributed by atoms with Gasteiger partial charge in [-0.2, -0.15) is 11.8 Å². The predicted octanol–water partition coefficient (Wildman–Crippen LogP) is -1.14.